The molecule has 0 aromatic heterocycles. The van der Waals surface area contributed by atoms with Crippen LogP contribution in [0.3, 0.4) is 0 Å². The lowest BCUT2D eigenvalue weighted by molar-refractivity contribution is -0.143. The molecule has 0 radical (unpaired) electrons. The molecule has 1 unspecified atom stereocenters. The molecule has 0 fully saturated rings. The lowest BCUT2D eigenvalue weighted by atomic mass is 9.79. The van der Waals surface area contributed by atoms with Gasteiger partial charge in [0.1, 0.15) is 17.5 Å². The van der Waals surface area contributed by atoms with Crippen LogP contribution in [0.2, 0.25) is 0 Å². The molecule has 0 amide bonds. The van der Waals surface area contributed by atoms with Crippen molar-refractivity contribution in [2.75, 3.05) is 0 Å². The van der Waals surface area contributed by atoms with Gasteiger partial charge in [-0.05, 0) is 13.3 Å². The van der Waals surface area contributed by atoms with Crippen molar-refractivity contribution in [3.05, 3.63) is 35.1 Å². The molecule has 0 aliphatic rings. The van der Waals surface area contributed by atoms with Crippen LogP contribution < -0.4 is 0 Å². The number of hydrogen-bond donors (Lipinski definition) is 1. The minimum Gasteiger partial charge on any atom is -0.481 e. The van der Waals surface area contributed by atoms with Crippen LogP contribution in [0.1, 0.15) is 25.8 Å². The summed E-state index contributed by atoms with van der Waals surface area (Å²) in [6.45, 7) is 2.70. The fraction of sp³-hybridized carbons (Fsp3) is 0.364. The fourth-order valence-electron chi connectivity index (χ4n) is 1.50. The highest BCUT2D eigenvalue weighted by atomic mass is 19.1. The van der Waals surface area contributed by atoms with Gasteiger partial charge in [-0.25, -0.2) is 13.2 Å². The topological polar surface area (TPSA) is 37.3 Å². The Morgan fingerprint density at radius 3 is 2.06 bits per heavy atom. The molecule has 1 atom stereocenters. The van der Waals surface area contributed by atoms with E-state index in [2.05, 4.69) is 0 Å². The average molecular weight is 232 g/mol. The van der Waals surface area contributed by atoms with Crippen LogP contribution in [0.5, 0.6) is 0 Å². The van der Waals surface area contributed by atoms with E-state index in [9.17, 15) is 18.0 Å². The summed E-state index contributed by atoms with van der Waals surface area (Å²) in [4.78, 5) is 11.0. The van der Waals surface area contributed by atoms with Gasteiger partial charge in [0.05, 0.1) is 5.41 Å². The molecule has 1 aromatic carbocycles. The third kappa shape index (κ3) is 1.89. The Balaban J connectivity index is 3.48. The molecule has 0 saturated carbocycles. The van der Waals surface area contributed by atoms with Gasteiger partial charge >= 0.3 is 5.97 Å². The van der Waals surface area contributed by atoms with E-state index in [0.717, 1.165) is 0 Å². The standard InChI is InChI=1S/C11H11F3O2/c1-3-11(2,10(15)16)9-7(13)4-6(12)5-8(9)14/h4-5H,3H2,1-2H3,(H,15,16). The molecule has 5 heteroatoms. The molecule has 0 aliphatic heterocycles. The van der Waals surface area contributed by atoms with E-state index < -0.39 is 34.4 Å². The zero-order chi connectivity index (χ0) is 12.5. The van der Waals surface area contributed by atoms with Crippen LogP contribution in [0.15, 0.2) is 12.1 Å². The van der Waals surface area contributed by atoms with Gasteiger partial charge in [0.25, 0.3) is 0 Å². The molecule has 0 bridgehead atoms. The average Bonchev–Trinajstić information content (AvgIpc) is 2.15. The van der Waals surface area contributed by atoms with Crippen molar-refractivity contribution in [3.63, 3.8) is 0 Å². The largest absolute Gasteiger partial charge is 0.481 e. The minimum absolute atomic E-state index is 0.00179. The van der Waals surface area contributed by atoms with Crippen LogP contribution >= 0.6 is 0 Å². The normalized spacial score (nSPS) is 14.6. The molecule has 16 heavy (non-hydrogen) atoms. The van der Waals surface area contributed by atoms with E-state index >= 15 is 0 Å². The molecule has 1 rings (SSSR count). The summed E-state index contributed by atoms with van der Waals surface area (Å²) in [5, 5.41) is 8.98. The second-order valence-electron chi connectivity index (χ2n) is 3.74. The van der Waals surface area contributed by atoms with Gasteiger partial charge in [0, 0.05) is 17.7 Å². The van der Waals surface area contributed by atoms with Gasteiger partial charge in [-0.15, -0.1) is 0 Å². The van der Waals surface area contributed by atoms with E-state index in [1.54, 1.807) is 0 Å². The molecular weight excluding hydrogens is 221 g/mol. The maximum Gasteiger partial charge on any atom is 0.314 e. The van der Waals surface area contributed by atoms with Gasteiger partial charge < -0.3 is 5.11 Å². The summed E-state index contributed by atoms with van der Waals surface area (Å²) < 4.78 is 39.5. The van der Waals surface area contributed by atoms with Gasteiger partial charge in [-0.1, -0.05) is 6.92 Å². The number of carbonyl (C=O) groups is 1. The van der Waals surface area contributed by atoms with Crippen molar-refractivity contribution < 1.29 is 23.1 Å². The first-order valence-electron chi connectivity index (χ1n) is 4.71. The first kappa shape index (κ1) is 12.5. The number of aliphatic carboxylic acids is 1. The quantitative estimate of drug-likeness (QED) is 0.870. The first-order valence-corrected chi connectivity index (χ1v) is 4.71. The second-order valence-corrected chi connectivity index (χ2v) is 3.74. The van der Waals surface area contributed by atoms with Crippen LogP contribution in [-0.2, 0) is 10.2 Å². The number of carboxylic acids is 1. The van der Waals surface area contributed by atoms with Crippen molar-refractivity contribution in [1.29, 1.82) is 0 Å². The van der Waals surface area contributed by atoms with Crippen molar-refractivity contribution in [3.8, 4) is 0 Å². The molecule has 0 heterocycles. The summed E-state index contributed by atoms with van der Waals surface area (Å²) in [7, 11) is 0. The highest BCUT2D eigenvalue weighted by molar-refractivity contribution is 5.80. The lowest BCUT2D eigenvalue weighted by Crippen LogP contribution is -2.33. The maximum atomic E-state index is 13.4. The Labute approximate surface area is 90.7 Å². The monoisotopic (exact) mass is 232 g/mol. The molecule has 0 saturated heterocycles. The number of benzene rings is 1. The van der Waals surface area contributed by atoms with E-state index in [4.69, 9.17) is 5.11 Å². The van der Waals surface area contributed by atoms with Crippen molar-refractivity contribution in [2.45, 2.75) is 25.7 Å². The Morgan fingerprint density at radius 1 is 1.31 bits per heavy atom. The van der Waals surface area contributed by atoms with E-state index in [0.29, 0.717) is 12.1 Å². The van der Waals surface area contributed by atoms with Crippen LogP contribution in [0.25, 0.3) is 0 Å². The Hall–Kier alpha value is -1.52. The van der Waals surface area contributed by atoms with Crippen LogP contribution in [0, 0.1) is 17.5 Å². The Bertz CT molecular complexity index is 408. The van der Waals surface area contributed by atoms with Crippen molar-refractivity contribution >= 4 is 5.97 Å². The maximum absolute atomic E-state index is 13.4. The van der Waals surface area contributed by atoms with E-state index in [1.807, 2.05) is 0 Å². The predicted molar refractivity (Wildman–Crippen MR) is 51.6 cm³/mol. The van der Waals surface area contributed by atoms with Crippen LogP contribution in [0.4, 0.5) is 13.2 Å². The predicted octanol–water partition coefficient (Wildman–Crippen LogP) is 2.86. The summed E-state index contributed by atoms with van der Waals surface area (Å²) in [5.41, 5.74) is -2.30. The number of rotatable bonds is 3. The third-order valence-corrected chi connectivity index (χ3v) is 2.74. The highest BCUT2D eigenvalue weighted by Crippen LogP contribution is 2.32. The zero-order valence-corrected chi connectivity index (χ0v) is 8.85. The van der Waals surface area contributed by atoms with Crippen molar-refractivity contribution in [1.82, 2.24) is 0 Å². The zero-order valence-electron chi connectivity index (χ0n) is 8.85. The summed E-state index contributed by atoms with van der Waals surface area (Å²) >= 11 is 0. The Kier molecular flexibility index (Phi) is 3.26. The summed E-state index contributed by atoms with van der Waals surface area (Å²) in [6, 6.07) is 0.963. The lowest BCUT2D eigenvalue weighted by Gasteiger charge is -2.24. The third-order valence-electron chi connectivity index (χ3n) is 2.74. The number of carboxylic acid groups (broad SMARTS) is 1. The Morgan fingerprint density at radius 2 is 1.75 bits per heavy atom. The number of hydrogen-bond acceptors (Lipinski definition) is 1. The van der Waals surface area contributed by atoms with Gasteiger partial charge in [-0.3, -0.25) is 4.79 Å². The second kappa shape index (κ2) is 4.15. The van der Waals surface area contributed by atoms with E-state index in [-0.39, 0.29) is 6.42 Å². The molecule has 2 nitrogen and oxygen atoms in total. The molecule has 0 aliphatic carbocycles. The van der Waals surface area contributed by atoms with E-state index in [1.165, 1.54) is 13.8 Å². The molecule has 0 spiro atoms. The number of halogens is 3. The summed E-state index contributed by atoms with van der Waals surface area (Å²) in [6.07, 6.45) is 0.00179. The smallest absolute Gasteiger partial charge is 0.314 e. The van der Waals surface area contributed by atoms with Gasteiger partial charge in [0.15, 0.2) is 0 Å². The van der Waals surface area contributed by atoms with Crippen molar-refractivity contribution in [2.24, 2.45) is 0 Å². The highest BCUT2D eigenvalue weighted by Gasteiger charge is 2.38. The molecule has 88 valence electrons. The van der Waals surface area contributed by atoms with Gasteiger partial charge in [0.2, 0.25) is 0 Å². The fourth-order valence-corrected chi connectivity index (χ4v) is 1.50. The SMILES string of the molecule is CCC(C)(C(=O)O)c1c(F)cc(F)cc1F. The molecule has 1 N–H and O–H groups in total. The molecular formula is C11H11F3O2. The minimum atomic E-state index is -1.69. The van der Waals surface area contributed by atoms with Crippen LogP contribution in [-0.4, -0.2) is 11.1 Å². The van der Waals surface area contributed by atoms with Gasteiger partial charge in [-0.2, -0.15) is 0 Å². The first-order chi connectivity index (χ1) is 7.32. The molecule has 1 aromatic rings. The summed E-state index contributed by atoms with van der Waals surface area (Å²) in [5.74, 6) is -4.77.